The second kappa shape index (κ2) is 11.8. The third-order valence-electron chi connectivity index (χ3n) is 7.58. The first-order valence-electron chi connectivity index (χ1n) is 14.1. The number of alkyl carbamates (subject to hydrolysis) is 1. The molecule has 2 aromatic carbocycles. The van der Waals surface area contributed by atoms with Crippen LogP contribution in [0.2, 0.25) is 0 Å². The molecule has 1 fully saturated rings. The van der Waals surface area contributed by atoms with Crippen molar-refractivity contribution in [1.29, 1.82) is 0 Å². The average Bonchev–Trinajstić information content (AvgIpc) is 3.69. The smallest absolute Gasteiger partial charge is 0.408 e. The maximum absolute atomic E-state index is 13.2. The number of benzene rings is 2. The Hall–Kier alpha value is -4.73. The Bertz CT molecular complexity index is 1620. The van der Waals surface area contributed by atoms with E-state index in [0.29, 0.717) is 18.3 Å². The van der Waals surface area contributed by atoms with Gasteiger partial charge in [-0.25, -0.2) is 9.89 Å². The maximum atomic E-state index is 13.2. The number of aromatic amines is 1. The van der Waals surface area contributed by atoms with E-state index in [4.69, 9.17) is 9.47 Å². The molecule has 210 valence electrons. The van der Waals surface area contributed by atoms with Gasteiger partial charge in [-0.05, 0) is 65.4 Å². The van der Waals surface area contributed by atoms with Crippen LogP contribution in [0.4, 0.5) is 4.79 Å². The highest BCUT2D eigenvalue weighted by Gasteiger charge is 2.25. The van der Waals surface area contributed by atoms with Crippen LogP contribution in [0, 0.1) is 6.92 Å². The predicted molar refractivity (Wildman–Crippen MR) is 154 cm³/mol. The van der Waals surface area contributed by atoms with Gasteiger partial charge in [0.05, 0.1) is 18.5 Å². The van der Waals surface area contributed by atoms with Crippen molar-refractivity contribution in [3.63, 3.8) is 0 Å². The summed E-state index contributed by atoms with van der Waals surface area (Å²) < 4.78 is 13.9. The van der Waals surface area contributed by atoms with Crippen molar-refractivity contribution < 1.29 is 14.3 Å². The van der Waals surface area contributed by atoms with E-state index in [0.717, 1.165) is 64.8 Å². The molecular formula is C31H33N7O3. The fourth-order valence-corrected chi connectivity index (χ4v) is 5.54. The molecule has 10 heteroatoms. The van der Waals surface area contributed by atoms with Crippen molar-refractivity contribution in [3.05, 3.63) is 83.7 Å². The van der Waals surface area contributed by atoms with Gasteiger partial charge in [-0.2, -0.15) is 4.98 Å². The highest BCUT2D eigenvalue weighted by atomic mass is 16.6. The molecule has 0 saturated heterocycles. The van der Waals surface area contributed by atoms with Crippen LogP contribution in [0.1, 0.15) is 62.0 Å². The number of carbonyl (C=O) groups is 1. The summed E-state index contributed by atoms with van der Waals surface area (Å²) >= 11 is 0. The van der Waals surface area contributed by atoms with E-state index in [1.807, 2.05) is 85.1 Å². The zero-order chi connectivity index (χ0) is 28.2. The molecule has 0 bridgehead atoms. The lowest BCUT2D eigenvalue weighted by Crippen LogP contribution is -2.37. The lowest BCUT2D eigenvalue weighted by Gasteiger charge is -2.25. The van der Waals surface area contributed by atoms with Crippen molar-refractivity contribution in [3.8, 4) is 28.4 Å². The van der Waals surface area contributed by atoms with Gasteiger partial charge < -0.3 is 14.8 Å². The third-order valence-corrected chi connectivity index (χ3v) is 7.58. The van der Waals surface area contributed by atoms with Gasteiger partial charge in [-0.15, -0.1) is 5.10 Å². The Balaban J connectivity index is 1.37. The second-order valence-corrected chi connectivity index (χ2v) is 10.3. The minimum Gasteiger partial charge on any atom is -0.477 e. The summed E-state index contributed by atoms with van der Waals surface area (Å²) in [6, 6.07) is 20.1. The van der Waals surface area contributed by atoms with E-state index < -0.39 is 12.2 Å². The lowest BCUT2D eigenvalue weighted by molar-refractivity contribution is 0.108. The first-order valence-corrected chi connectivity index (χ1v) is 14.1. The Morgan fingerprint density at radius 1 is 1.05 bits per heavy atom. The number of ether oxygens (including phenoxy) is 2. The quantitative estimate of drug-likeness (QED) is 0.241. The summed E-state index contributed by atoms with van der Waals surface area (Å²) in [7, 11) is 0. The number of hydrogen-bond acceptors (Lipinski definition) is 7. The molecule has 0 spiro atoms. The van der Waals surface area contributed by atoms with Gasteiger partial charge in [0.2, 0.25) is 5.88 Å². The fraction of sp³-hybridized carbons (Fsp3) is 0.323. The van der Waals surface area contributed by atoms with Gasteiger partial charge in [-0.1, -0.05) is 73.9 Å². The number of fused-ring (bicyclic) bond motifs is 1. The molecule has 1 aliphatic carbocycles. The molecule has 0 aliphatic heterocycles. The lowest BCUT2D eigenvalue weighted by atomic mass is 9.96. The van der Waals surface area contributed by atoms with Crippen LogP contribution in [-0.2, 0) is 4.74 Å². The van der Waals surface area contributed by atoms with Crippen molar-refractivity contribution in [2.24, 2.45) is 0 Å². The van der Waals surface area contributed by atoms with Gasteiger partial charge in [0.1, 0.15) is 5.65 Å². The Morgan fingerprint density at radius 3 is 2.56 bits per heavy atom. The number of nitrogens with one attached hydrogen (secondary N) is 2. The van der Waals surface area contributed by atoms with E-state index in [1.54, 1.807) is 0 Å². The molecule has 3 aromatic heterocycles. The Labute approximate surface area is 238 Å². The van der Waals surface area contributed by atoms with E-state index >= 15 is 0 Å². The van der Waals surface area contributed by atoms with Crippen LogP contribution in [0.15, 0.2) is 66.9 Å². The molecule has 3 heterocycles. The molecular weight excluding hydrogens is 518 g/mol. The molecule has 10 nitrogen and oxygen atoms in total. The van der Waals surface area contributed by atoms with Gasteiger partial charge in [0.15, 0.2) is 11.9 Å². The first kappa shape index (κ1) is 26.5. The molecule has 0 unspecified atom stereocenters. The number of rotatable bonds is 8. The minimum absolute atomic E-state index is 0.136. The molecule has 1 amide bonds. The number of imidazole rings is 1. The van der Waals surface area contributed by atoms with Gasteiger partial charge in [0.25, 0.3) is 0 Å². The number of hydrogen-bond donors (Lipinski definition) is 2. The molecule has 41 heavy (non-hydrogen) atoms. The van der Waals surface area contributed by atoms with Crippen LogP contribution in [0.5, 0.6) is 5.88 Å². The van der Waals surface area contributed by atoms with Crippen LogP contribution >= 0.6 is 0 Å². The standard InChI is InChI=1S/C31H33N7O3/c1-3-40-27-19-38-26(18-13-20(2)30(38)33-27)28(41-31(39)32-23-9-5-4-6-10-23)22-16-14-21(15-17-22)24-11-7-8-12-25(24)29-34-36-37-35-29/h7-8,11-19,23,28H,3-6,9-10H2,1-2H3,(H,32,39)(H,34,35,36,37)/t28-/m1/s1. The normalized spacial score (nSPS) is 14.6. The summed E-state index contributed by atoms with van der Waals surface area (Å²) in [6.07, 6.45) is 6.16. The fourth-order valence-electron chi connectivity index (χ4n) is 5.54. The number of aryl methyl sites for hydroxylation is 1. The summed E-state index contributed by atoms with van der Waals surface area (Å²) in [5, 5.41) is 17.5. The van der Waals surface area contributed by atoms with Crippen molar-refractivity contribution >= 4 is 11.7 Å². The SMILES string of the molecule is CCOc1cn2c([C@H](OC(=O)NC3CCCCC3)c3ccc(-c4ccccc4-c4nnn[nH]4)cc3)ccc(C)c2n1. The van der Waals surface area contributed by atoms with E-state index in [-0.39, 0.29) is 6.04 Å². The molecule has 5 aromatic rings. The van der Waals surface area contributed by atoms with Crippen LogP contribution in [0.3, 0.4) is 0 Å². The monoisotopic (exact) mass is 551 g/mol. The van der Waals surface area contributed by atoms with Crippen LogP contribution in [-0.4, -0.2) is 48.8 Å². The minimum atomic E-state index is -0.673. The summed E-state index contributed by atoms with van der Waals surface area (Å²) in [6.45, 7) is 4.44. The number of tetrazole rings is 1. The number of nitrogens with zero attached hydrogens (tertiary/aromatic N) is 5. The maximum Gasteiger partial charge on any atom is 0.408 e. The summed E-state index contributed by atoms with van der Waals surface area (Å²) in [5.41, 5.74) is 6.25. The van der Waals surface area contributed by atoms with Crippen LogP contribution in [0.25, 0.3) is 28.2 Å². The second-order valence-electron chi connectivity index (χ2n) is 10.3. The summed E-state index contributed by atoms with van der Waals surface area (Å²) in [5.74, 6) is 1.12. The van der Waals surface area contributed by atoms with Gasteiger partial charge in [0, 0.05) is 11.6 Å². The first-order chi connectivity index (χ1) is 20.1. The van der Waals surface area contributed by atoms with E-state index in [1.165, 1.54) is 6.42 Å². The summed E-state index contributed by atoms with van der Waals surface area (Å²) in [4.78, 5) is 17.9. The zero-order valence-electron chi connectivity index (χ0n) is 23.2. The number of H-pyrrole nitrogens is 1. The molecule has 0 radical (unpaired) electrons. The van der Waals surface area contributed by atoms with E-state index in [2.05, 4.69) is 30.9 Å². The predicted octanol–water partition coefficient (Wildman–Crippen LogP) is 6.04. The molecule has 2 N–H and O–H groups in total. The zero-order valence-corrected chi connectivity index (χ0v) is 23.2. The number of pyridine rings is 1. The van der Waals surface area contributed by atoms with Crippen molar-refractivity contribution in [2.75, 3.05) is 6.61 Å². The Morgan fingerprint density at radius 2 is 1.83 bits per heavy atom. The number of carbonyl (C=O) groups excluding carboxylic acids is 1. The third kappa shape index (κ3) is 5.63. The topological polar surface area (TPSA) is 119 Å². The number of amides is 1. The van der Waals surface area contributed by atoms with Crippen LogP contribution < -0.4 is 10.1 Å². The van der Waals surface area contributed by atoms with Crippen molar-refractivity contribution in [1.82, 2.24) is 35.3 Å². The molecule has 6 rings (SSSR count). The largest absolute Gasteiger partial charge is 0.477 e. The molecule has 1 aliphatic rings. The molecule has 1 saturated carbocycles. The highest BCUT2D eigenvalue weighted by molar-refractivity contribution is 5.80. The van der Waals surface area contributed by atoms with Gasteiger partial charge in [-0.3, -0.25) is 4.40 Å². The van der Waals surface area contributed by atoms with Gasteiger partial charge >= 0.3 is 6.09 Å². The average molecular weight is 552 g/mol. The number of aromatic nitrogens is 6. The highest BCUT2D eigenvalue weighted by Crippen LogP contribution is 2.34. The molecule has 1 atom stereocenters. The Kier molecular flexibility index (Phi) is 7.62. The van der Waals surface area contributed by atoms with E-state index in [9.17, 15) is 4.79 Å². The van der Waals surface area contributed by atoms with Crippen molar-refractivity contribution in [2.45, 2.75) is 58.1 Å².